The van der Waals surface area contributed by atoms with Crippen LogP contribution in [0.25, 0.3) is 0 Å². The molecule has 4 saturated carbocycles. The average molecular weight is 400 g/mol. The summed E-state index contributed by atoms with van der Waals surface area (Å²) >= 11 is 0. The van der Waals surface area contributed by atoms with E-state index in [2.05, 4.69) is 5.32 Å². The van der Waals surface area contributed by atoms with Crippen molar-refractivity contribution in [1.29, 1.82) is 0 Å². The van der Waals surface area contributed by atoms with Crippen LogP contribution in [0.1, 0.15) is 63.5 Å². The lowest BCUT2D eigenvalue weighted by atomic mass is 9.49. The average Bonchev–Trinajstić information content (AvgIpc) is 2.67. The van der Waals surface area contributed by atoms with Gasteiger partial charge in [0.25, 0.3) is 5.69 Å². The fourth-order valence-electron chi connectivity index (χ4n) is 6.07. The number of benzene rings is 1. The smallest absolute Gasteiger partial charge is 0.308 e. The van der Waals surface area contributed by atoms with Crippen LogP contribution in [0, 0.1) is 33.3 Å². The molecule has 4 aliphatic carbocycles. The zero-order valence-electron chi connectivity index (χ0n) is 16.8. The zero-order valence-corrected chi connectivity index (χ0v) is 16.8. The normalized spacial score (nSPS) is 30.6. The number of nitrogens with one attached hydrogen (secondary N) is 1. The number of hydrogen-bond donors (Lipinski definition) is 1. The maximum absolute atomic E-state index is 12.9. The molecule has 5 rings (SSSR count). The first-order chi connectivity index (χ1) is 13.8. The predicted molar refractivity (Wildman–Crippen MR) is 106 cm³/mol. The second-order valence-electron chi connectivity index (χ2n) is 9.19. The second kappa shape index (κ2) is 7.76. The molecule has 7 nitrogen and oxygen atoms in total. The van der Waals surface area contributed by atoms with Gasteiger partial charge >= 0.3 is 5.97 Å². The van der Waals surface area contributed by atoms with E-state index in [0.717, 1.165) is 19.3 Å². The van der Waals surface area contributed by atoms with Crippen LogP contribution in [0.3, 0.4) is 0 Å². The van der Waals surface area contributed by atoms with E-state index in [0.29, 0.717) is 23.3 Å². The molecule has 1 N–H and O–H groups in total. The maximum atomic E-state index is 12.9. The Labute approximate surface area is 170 Å². The summed E-state index contributed by atoms with van der Waals surface area (Å²) in [4.78, 5) is 35.5. The fraction of sp³-hybridized carbons (Fsp3) is 0.636. The Bertz CT molecular complexity index is 786. The minimum atomic E-state index is -0.582. The predicted octanol–water partition coefficient (Wildman–Crippen LogP) is 3.92. The van der Waals surface area contributed by atoms with Crippen molar-refractivity contribution in [2.75, 3.05) is 6.54 Å². The Morgan fingerprint density at radius 3 is 2.41 bits per heavy atom. The molecule has 4 bridgehead atoms. The Morgan fingerprint density at radius 2 is 1.83 bits per heavy atom. The highest BCUT2D eigenvalue weighted by Crippen LogP contribution is 2.60. The number of nitro groups is 1. The van der Waals surface area contributed by atoms with Crippen molar-refractivity contribution in [3.63, 3.8) is 0 Å². The number of hydrogen-bond acceptors (Lipinski definition) is 5. The van der Waals surface area contributed by atoms with Crippen molar-refractivity contribution in [2.24, 2.45) is 23.2 Å². The van der Waals surface area contributed by atoms with Gasteiger partial charge < -0.3 is 10.1 Å². The third kappa shape index (κ3) is 4.14. The Morgan fingerprint density at radius 1 is 1.21 bits per heavy atom. The van der Waals surface area contributed by atoms with Crippen LogP contribution in [0.2, 0.25) is 0 Å². The van der Waals surface area contributed by atoms with Gasteiger partial charge in [-0.2, -0.15) is 0 Å². The summed E-state index contributed by atoms with van der Waals surface area (Å²) < 4.78 is 5.39. The summed E-state index contributed by atoms with van der Waals surface area (Å²) in [6.45, 7) is 1.95. The molecule has 0 saturated heterocycles. The van der Waals surface area contributed by atoms with Crippen molar-refractivity contribution >= 4 is 17.6 Å². The summed E-state index contributed by atoms with van der Waals surface area (Å²) in [5.41, 5.74) is 0.327. The van der Waals surface area contributed by atoms with Gasteiger partial charge in [0.1, 0.15) is 6.10 Å². The number of esters is 1. The first-order valence-corrected chi connectivity index (χ1v) is 10.6. The van der Waals surface area contributed by atoms with Gasteiger partial charge in [0.2, 0.25) is 5.91 Å². The van der Waals surface area contributed by atoms with Crippen molar-refractivity contribution in [3.05, 3.63) is 39.9 Å². The number of carbonyl (C=O) groups excluding carboxylic acids is 2. The molecule has 0 radical (unpaired) electrons. The first-order valence-electron chi connectivity index (χ1n) is 10.6. The van der Waals surface area contributed by atoms with E-state index in [1.54, 1.807) is 19.1 Å². The second-order valence-corrected chi connectivity index (χ2v) is 9.19. The largest absolute Gasteiger partial charge is 0.458 e. The van der Waals surface area contributed by atoms with Crippen molar-refractivity contribution in [1.82, 2.24) is 5.32 Å². The van der Waals surface area contributed by atoms with E-state index in [1.165, 1.54) is 31.4 Å². The lowest BCUT2D eigenvalue weighted by Crippen LogP contribution is -2.53. The maximum Gasteiger partial charge on any atom is 0.308 e. The van der Waals surface area contributed by atoms with Gasteiger partial charge in [-0.15, -0.1) is 0 Å². The molecule has 0 heterocycles. The van der Waals surface area contributed by atoms with E-state index >= 15 is 0 Å². The molecule has 0 unspecified atom stereocenters. The number of non-ortho nitro benzene ring substituents is 1. The molecule has 1 atom stereocenters. The standard InChI is InChI=1S/C22H28N2O5/c1-14(18-3-2-4-19(10-18)24(27)28)29-20(25)5-6-23-21(26)22-11-15-7-16(12-22)9-17(8-15)13-22/h2-4,10,14-17H,5-9,11-13H2,1H3,(H,23,26)/t14-,15?,16?,17?,22?/m1/s1. The molecule has 0 spiro atoms. The van der Waals surface area contributed by atoms with Gasteiger partial charge in [0, 0.05) is 24.1 Å². The summed E-state index contributed by atoms with van der Waals surface area (Å²) in [6, 6.07) is 6.08. The summed E-state index contributed by atoms with van der Waals surface area (Å²) in [6.07, 6.45) is 6.37. The van der Waals surface area contributed by atoms with Gasteiger partial charge in [0.15, 0.2) is 0 Å². The summed E-state index contributed by atoms with van der Waals surface area (Å²) in [7, 11) is 0. The van der Waals surface area contributed by atoms with Gasteiger partial charge in [-0.25, -0.2) is 0 Å². The zero-order chi connectivity index (χ0) is 20.6. The van der Waals surface area contributed by atoms with Crippen molar-refractivity contribution in [2.45, 2.75) is 58.0 Å². The van der Waals surface area contributed by atoms with E-state index in [4.69, 9.17) is 4.74 Å². The van der Waals surface area contributed by atoms with E-state index in [9.17, 15) is 19.7 Å². The molecule has 0 aromatic heterocycles. The molecular formula is C22H28N2O5. The van der Waals surface area contributed by atoms with Gasteiger partial charge in [-0.05, 0) is 68.8 Å². The molecule has 7 heteroatoms. The number of amides is 1. The minimum Gasteiger partial charge on any atom is -0.458 e. The number of ether oxygens (including phenoxy) is 1. The number of nitro benzene ring substituents is 1. The molecular weight excluding hydrogens is 372 g/mol. The SMILES string of the molecule is C[C@@H](OC(=O)CCNC(=O)C12CC3CC(CC(C3)C1)C2)c1cccc([N+](=O)[O-])c1. The minimum absolute atomic E-state index is 0.0340. The summed E-state index contributed by atoms with van der Waals surface area (Å²) in [5, 5.41) is 13.9. The highest BCUT2D eigenvalue weighted by atomic mass is 16.6. The lowest BCUT2D eigenvalue weighted by Gasteiger charge is -2.55. The fourth-order valence-corrected chi connectivity index (χ4v) is 6.07. The van der Waals surface area contributed by atoms with Crippen LogP contribution >= 0.6 is 0 Å². The molecule has 1 amide bonds. The van der Waals surface area contributed by atoms with Crippen molar-refractivity contribution < 1.29 is 19.2 Å². The molecule has 29 heavy (non-hydrogen) atoms. The topological polar surface area (TPSA) is 98.5 Å². The van der Waals surface area contributed by atoms with Crippen LogP contribution in [-0.2, 0) is 14.3 Å². The van der Waals surface area contributed by atoms with Crippen LogP contribution in [0.5, 0.6) is 0 Å². The Kier molecular flexibility index (Phi) is 5.32. The molecule has 1 aromatic rings. The third-order valence-corrected chi connectivity index (χ3v) is 6.99. The third-order valence-electron chi connectivity index (χ3n) is 6.99. The highest BCUT2D eigenvalue weighted by Gasteiger charge is 2.54. The lowest BCUT2D eigenvalue weighted by molar-refractivity contribution is -0.385. The quantitative estimate of drug-likeness (QED) is 0.425. The monoisotopic (exact) mass is 400 g/mol. The van der Waals surface area contributed by atoms with Crippen LogP contribution < -0.4 is 5.32 Å². The molecule has 156 valence electrons. The summed E-state index contributed by atoms with van der Waals surface area (Å²) in [5.74, 6) is 1.79. The van der Waals surface area contributed by atoms with E-state index in [-0.39, 0.29) is 30.0 Å². The highest BCUT2D eigenvalue weighted by molar-refractivity contribution is 5.83. The Hall–Kier alpha value is -2.44. The number of rotatable bonds is 7. The molecule has 4 fully saturated rings. The van der Waals surface area contributed by atoms with E-state index < -0.39 is 17.0 Å². The van der Waals surface area contributed by atoms with Crippen LogP contribution in [0.15, 0.2) is 24.3 Å². The van der Waals surface area contributed by atoms with Gasteiger partial charge in [-0.3, -0.25) is 19.7 Å². The molecule has 4 aliphatic rings. The molecule has 0 aliphatic heterocycles. The van der Waals surface area contributed by atoms with E-state index in [1.807, 2.05) is 0 Å². The van der Waals surface area contributed by atoms with Crippen LogP contribution in [-0.4, -0.2) is 23.3 Å². The first kappa shape index (κ1) is 19.9. The molecule has 1 aromatic carbocycles. The van der Waals surface area contributed by atoms with Crippen molar-refractivity contribution in [3.8, 4) is 0 Å². The van der Waals surface area contributed by atoms with Gasteiger partial charge in [0.05, 0.1) is 11.3 Å². The van der Waals surface area contributed by atoms with Gasteiger partial charge in [-0.1, -0.05) is 12.1 Å². The number of carbonyl (C=O) groups is 2. The van der Waals surface area contributed by atoms with Crippen LogP contribution in [0.4, 0.5) is 5.69 Å². The Balaban J connectivity index is 1.25. The number of nitrogens with zero attached hydrogens (tertiary/aromatic N) is 1.